The molecule has 0 amide bonds. The molecule has 0 aliphatic rings. The van der Waals surface area contributed by atoms with Crippen molar-refractivity contribution in [1.82, 2.24) is 0 Å². The highest BCUT2D eigenvalue weighted by molar-refractivity contribution is 5.79. The van der Waals surface area contributed by atoms with Crippen LogP contribution in [0, 0.1) is 0 Å². The van der Waals surface area contributed by atoms with Crippen LogP contribution in [-0.2, 0) is 4.79 Å². The summed E-state index contributed by atoms with van der Waals surface area (Å²) >= 11 is 0. The van der Waals surface area contributed by atoms with Crippen molar-refractivity contribution in [3.05, 3.63) is 35.9 Å². The van der Waals surface area contributed by atoms with E-state index in [2.05, 4.69) is 19.9 Å². The molecule has 0 aromatic heterocycles. The van der Waals surface area contributed by atoms with Crippen LogP contribution < -0.4 is 9.64 Å². The second-order valence-corrected chi connectivity index (χ2v) is 4.71. The van der Waals surface area contributed by atoms with Crippen molar-refractivity contribution >= 4 is 11.7 Å². The largest absolute Gasteiger partial charge is 0.495 e. The van der Waals surface area contributed by atoms with E-state index < -0.39 is 5.97 Å². The third-order valence-corrected chi connectivity index (χ3v) is 2.92. The Kier molecular flexibility index (Phi) is 5.42. The van der Waals surface area contributed by atoms with Gasteiger partial charge in [-0.2, -0.15) is 0 Å². The van der Waals surface area contributed by atoms with Crippen LogP contribution in [0.5, 0.6) is 5.75 Å². The summed E-state index contributed by atoms with van der Waals surface area (Å²) in [5, 5.41) is 8.58. The number of ether oxygens (including phenoxy) is 1. The Morgan fingerprint density at radius 1 is 1.47 bits per heavy atom. The van der Waals surface area contributed by atoms with Gasteiger partial charge in [-0.3, -0.25) is 0 Å². The zero-order valence-electron chi connectivity index (χ0n) is 11.9. The van der Waals surface area contributed by atoms with Crippen LogP contribution >= 0.6 is 0 Å². The van der Waals surface area contributed by atoms with E-state index in [0.717, 1.165) is 17.5 Å². The summed E-state index contributed by atoms with van der Waals surface area (Å²) in [4.78, 5) is 12.4. The SMILES string of the molecule is COc1ccc(C(C)C)cc1N(C)C/C=C/C(=O)O. The van der Waals surface area contributed by atoms with E-state index in [1.54, 1.807) is 13.2 Å². The first-order chi connectivity index (χ1) is 8.95. The van der Waals surface area contributed by atoms with E-state index in [9.17, 15) is 4.79 Å². The Balaban J connectivity index is 2.95. The van der Waals surface area contributed by atoms with Crippen molar-refractivity contribution in [3.8, 4) is 5.75 Å². The highest BCUT2D eigenvalue weighted by atomic mass is 16.5. The zero-order chi connectivity index (χ0) is 14.4. The average Bonchev–Trinajstić information content (AvgIpc) is 2.37. The average molecular weight is 263 g/mol. The van der Waals surface area contributed by atoms with E-state index in [0.29, 0.717) is 12.5 Å². The van der Waals surface area contributed by atoms with Gasteiger partial charge in [0.15, 0.2) is 0 Å². The van der Waals surface area contributed by atoms with Crippen molar-refractivity contribution in [2.24, 2.45) is 0 Å². The fourth-order valence-electron chi connectivity index (χ4n) is 1.77. The molecule has 19 heavy (non-hydrogen) atoms. The minimum absolute atomic E-state index is 0.438. The molecule has 0 saturated heterocycles. The number of hydrogen-bond acceptors (Lipinski definition) is 3. The summed E-state index contributed by atoms with van der Waals surface area (Å²) in [5.74, 6) is 0.291. The van der Waals surface area contributed by atoms with E-state index in [1.807, 2.05) is 24.1 Å². The number of carbonyl (C=O) groups is 1. The van der Waals surface area contributed by atoms with Crippen LogP contribution in [0.2, 0.25) is 0 Å². The number of rotatable bonds is 6. The van der Waals surface area contributed by atoms with Gasteiger partial charge >= 0.3 is 5.97 Å². The lowest BCUT2D eigenvalue weighted by Gasteiger charge is -2.21. The van der Waals surface area contributed by atoms with Crippen LogP contribution in [0.15, 0.2) is 30.4 Å². The van der Waals surface area contributed by atoms with Gasteiger partial charge < -0.3 is 14.7 Å². The molecule has 0 spiro atoms. The normalized spacial score (nSPS) is 11.0. The van der Waals surface area contributed by atoms with E-state index in [1.165, 1.54) is 5.56 Å². The summed E-state index contributed by atoms with van der Waals surface area (Å²) < 4.78 is 5.35. The quantitative estimate of drug-likeness (QED) is 0.802. The molecule has 0 radical (unpaired) electrons. The van der Waals surface area contributed by atoms with Gasteiger partial charge in [0.1, 0.15) is 5.75 Å². The van der Waals surface area contributed by atoms with Crippen molar-refractivity contribution < 1.29 is 14.6 Å². The van der Waals surface area contributed by atoms with Gasteiger partial charge in [-0.05, 0) is 23.6 Å². The molecule has 1 rings (SSSR count). The van der Waals surface area contributed by atoms with Crippen LogP contribution in [0.3, 0.4) is 0 Å². The molecule has 0 fully saturated rings. The van der Waals surface area contributed by atoms with E-state index >= 15 is 0 Å². The smallest absolute Gasteiger partial charge is 0.328 e. The lowest BCUT2D eigenvalue weighted by molar-refractivity contribution is -0.131. The standard InChI is InChI=1S/C15H21NO3/c1-11(2)12-7-8-14(19-4)13(10-12)16(3)9-5-6-15(17)18/h5-8,10-11H,9H2,1-4H3,(H,17,18)/b6-5+. The monoisotopic (exact) mass is 263 g/mol. The Morgan fingerprint density at radius 2 is 2.16 bits per heavy atom. The van der Waals surface area contributed by atoms with Gasteiger partial charge in [0.05, 0.1) is 12.8 Å². The number of methoxy groups -OCH3 is 1. The number of carboxylic acid groups (broad SMARTS) is 1. The molecule has 0 atom stereocenters. The molecule has 0 heterocycles. The molecule has 104 valence electrons. The third-order valence-electron chi connectivity index (χ3n) is 2.92. The van der Waals surface area contributed by atoms with Gasteiger partial charge in [-0.1, -0.05) is 26.0 Å². The molecule has 0 unspecified atom stereocenters. The van der Waals surface area contributed by atoms with Gasteiger partial charge in [0.2, 0.25) is 0 Å². The maximum absolute atomic E-state index is 10.5. The number of anilines is 1. The van der Waals surface area contributed by atoms with Crippen LogP contribution in [0.25, 0.3) is 0 Å². The summed E-state index contributed by atoms with van der Waals surface area (Å²) in [6, 6.07) is 6.08. The Morgan fingerprint density at radius 3 is 2.68 bits per heavy atom. The van der Waals surface area contributed by atoms with Gasteiger partial charge in [-0.25, -0.2) is 4.79 Å². The van der Waals surface area contributed by atoms with Gasteiger partial charge in [-0.15, -0.1) is 0 Å². The Labute approximate surface area is 114 Å². The van der Waals surface area contributed by atoms with Crippen molar-refractivity contribution in [2.45, 2.75) is 19.8 Å². The molecule has 1 N–H and O–H groups in total. The molecule has 0 aliphatic carbocycles. The lowest BCUT2D eigenvalue weighted by atomic mass is 10.0. The first-order valence-corrected chi connectivity index (χ1v) is 6.24. The highest BCUT2D eigenvalue weighted by Gasteiger charge is 2.10. The maximum atomic E-state index is 10.5. The molecule has 0 bridgehead atoms. The maximum Gasteiger partial charge on any atom is 0.328 e. The summed E-state index contributed by atoms with van der Waals surface area (Å²) in [6.45, 7) is 4.79. The second kappa shape index (κ2) is 6.83. The first-order valence-electron chi connectivity index (χ1n) is 6.24. The predicted octanol–water partition coefficient (Wildman–Crippen LogP) is 2.90. The molecule has 1 aromatic rings. The highest BCUT2D eigenvalue weighted by Crippen LogP contribution is 2.31. The van der Waals surface area contributed by atoms with Gasteiger partial charge in [0, 0.05) is 19.7 Å². The third kappa shape index (κ3) is 4.32. The molecule has 0 aliphatic heterocycles. The van der Waals surface area contributed by atoms with Crippen molar-refractivity contribution in [1.29, 1.82) is 0 Å². The summed E-state index contributed by atoms with van der Waals surface area (Å²) in [6.07, 6.45) is 2.76. The molecular formula is C15H21NO3. The predicted molar refractivity (Wildman–Crippen MR) is 77.1 cm³/mol. The van der Waals surface area contributed by atoms with Gasteiger partial charge in [0.25, 0.3) is 0 Å². The minimum Gasteiger partial charge on any atom is -0.495 e. The van der Waals surface area contributed by atoms with Crippen LogP contribution in [0.4, 0.5) is 5.69 Å². The molecule has 4 nitrogen and oxygen atoms in total. The molecular weight excluding hydrogens is 242 g/mol. The topological polar surface area (TPSA) is 49.8 Å². The van der Waals surface area contributed by atoms with Crippen LogP contribution in [-0.4, -0.2) is 31.8 Å². The number of benzene rings is 1. The number of carboxylic acids is 1. The fraction of sp³-hybridized carbons (Fsp3) is 0.400. The van der Waals surface area contributed by atoms with Crippen LogP contribution in [0.1, 0.15) is 25.3 Å². The molecule has 0 saturated carbocycles. The number of aliphatic carboxylic acids is 1. The minimum atomic E-state index is -0.934. The summed E-state index contributed by atoms with van der Waals surface area (Å²) in [7, 11) is 3.54. The zero-order valence-corrected chi connectivity index (χ0v) is 11.9. The Bertz CT molecular complexity index is 466. The number of likely N-dealkylation sites (N-methyl/N-ethyl adjacent to an activating group) is 1. The van der Waals surface area contributed by atoms with Crippen molar-refractivity contribution in [2.75, 3.05) is 25.6 Å². The number of hydrogen-bond donors (Lipinski definition) is 1. The fourth-order valence-corrected chi connectivity index (χ4v) is 1.77. The van der Waals surface area contributed by atoms with Crippen molar-refractivity contribution in [3.63, 3.8) is 0 Å². The first kappa shape index (κ1) is 15.1. The second-order valence-electron chi connectivity index (χ2n) is 4.71. The lowest BCUT2D eigenvalue weighted by Crippen LogP contribution is -2.18. The molecule has 1 aromatic carbocycles. The molecule has 4 heteroatoms. The van der Waals surface area contributed by atoms with E-state index in [4.69, 9.17) is 9.84 Å². The summed E-state index contributed by atoms with van der Waals surface area (Å²) in [5.41, 5.74) is 2.19. The van der Waals surface area contributed by atoms with E-state index in [-0.39, 0.29) is 0 Å². The number of nitrogens with zero attached hydrogens (tertiary/aromatic N) is 1. The Hall–Kier alpha value is -1.97.